The van der Waals surface area contributed by atoms with E-state index in [1.54, 1.807) is 6.92 Å². The molecule has 1 heterocycles. The number of alkyl halides is 3. The van der Waals surface area contributed by atoms with Gasteiger partial charge in [0, 0.05) is 5.75 Å². The van der Waals surface area contributed by atoms with Crippen LogP contribution in [0.25, 0.3) is 0 Å². The molecule has 2 aromatic rings. The Morgan fingerprint density at radius 1 is 1.40 bits per heavy atom. The molecule has 1 aromatic heterocycles. The minimum atomic E-state index is -4.59. The third-order valence-electron chi connectivity index (χ3n) is 3.07. The van der Waals surface area contributed by atoms with Gasteiger partial charge in [0.1, 0.15) is 15.6 Å². The van der Waals surface area contributed by atoms with E-state index in [-0.39, 0.29) is 42.9 Å². The fourth-order valence-corrected chi connectivity index (χ4v) is 3.75. The molecule has 12 heteroatoms. The van der Waals surface area contributed by atoms with Crippen molar-refractivity contribution in [3.8, 4) is 0 Å². The number of halogens is 5. The zero-order valence-corrected chi connectivity index (χ0v) is 15.6. The molecule has 0 aliphatic rings. The molecule has 2 rings (SSSR count). The molecule has 4 N–H and O–H groups in total. The van der Waals surface area contributed by atoms with E-state index in [0.717, 1.165) is 12.1 Å². The quantitative estimate of drug-likeness (QED) is 0.631. The van der Waals surface area contributed by atoms with Crippen LogP contribution in [-0.4, -0.2) is 25.1 Å². The second-order valence-corrected chi connectivity index (χ2v) is 7.61. The Bertz CT molecular complexity index is 831. The van der Waals surface area contributed by atoms with E-state index < -0.39 is 22.5 Å². The van der Waals surface area contributed by atoms with Gasteiger partial charge in [-0.2, -0.15) is 18.3 Å². The summed E-state index contributed by atoms with van der Waals surface area (Å²) in [6.07, 6.45) is -4.59. The van der Waals surface area contributed by atoms with Gasteiger partial charge in [0.05, 0.1) is 32.1 Å². The predicted molar refractivity (Wildman–Crippen MR) is 96.7 cm³/mol. The molecule has 0 saturated heterocycles. The predicted octanol–water partition coefficient (Wildman–Crippen LogP) is 4.23. The Balaban J connectivity index is 2.38. The summed E-state index contributed by atoms with van der Waals surface area (Å²) in [5.41, 5.74) is 4.86. The Morgan fingerprint density at radius 2 is 1.96 bits per heavy atom. The molecule has 0 bridgehead atoms. The maximum Gasteiger partial charge on any atom is 0.416 e. The second kappa shape index (κ2) is 7.48. The van der Waals surface area contributed by atoms with E-state index in [4.69, 9.17) is 41.2 Å². The maximum absolute atomic E-state index is 12.8. The van der Waals surface area contributed by atoms with Crippen molar-refractivity contribution in [2.45, 2.75) is 18.0 Å². The molecule has 25 heavy (non-hydrogen) atoms. The first-order valence-electron chi connectivity index (χ1n) is 6.66. The van der Waals surface area contributed by atoms with Crippen LogP contribution in [-0.2, 0) is 17.0 Å². The van der Waals surface area contributed by atoms with Gasteiger partial charge >= 0.3 is 6.18 Å². The molecule has 0 aliphatic carbocycles. The summed E-state index contributed by atoms with van der Waals surface area (Å²) in [6.45, 7) is 1.69. The molecule has 0 aliphatic heterocycles. The van der Waals surface area contributed by atoms with E-state index >= 15 is 0 Å². The van der Waals surface area contributed by atoms with Crippen LogP contribution in [0, 0.1) is 0 Å². The fourth-order valence-electron chi connectivity index (χ4n) is 1.91. The number of aromatic nitrogens is 2. The number of nitrogens with two attached hydrogens (primary N) is 1. The van der Waals surface area contributed by atoms with E-state index in [1.807, 2.05) is 0 Å². The molecule has 5 nitrogen and oxygen atoms in total. The van der Waals surface area contributed by atoms with Crippen molar-refractivity contribution >= 4 is 62.7 Å². The maximum atomic E-state index is 12.8. The number of benzene rings is 1. The summed E-state index contributed by atoms with van der Waals surface area (Å²) in [5.74, 6) is 0.296. The molecule has 0 spiro atoms. The number of anilines is 2. The molecule has 1 unspecified atom stereocenters. The third kappa shape index (κ3) is 4.25. The van der Waals surface area contributed by atoms with Crippen molar-refractivity contribution in [3.63, 3.8) is 0 Å². The van der Waals surface area contributed by atoms with Crippen molar-refractivity contribution in [2.24, 2.45) is 0 Å². The van der Waals surface area contributed by atoms with Crippen LogP contribution >= 0.6 is 35.4 Å². The number of hydrogen-bond donors (Lipinski definition) is 3. The summed E-state index contributed by atoms with van der Waals surface area (Å²) in [5, 5.41) is 8.41. The standard InChI is InChI=1S/C13H11Cl2F3N4OS2/c1-2-25(23)10-9(21-22-11(10)19)12(24)20-8-6(14)3-5(4-7(8)15)13(16,17)18/h3-4H,2H2,1H3,(H,20,24)(H3,19,21,22). The highest BCUT2D eigenvalue weighted by atomic mass is 35.5. The first kappa shape index (κ1) is 20.0. The smallest absolute Gasteiger partial charge is 0.381 e. The topological polar surface area (TPSA) is 83.8 Å². The molecule has 1 atom stereocenters. The molecule has 136 valence electrons. The minimum Gasteiger partial charge on any atom is -0.381 e. The molecular weight excluding hydrogens is 420 g/mol. The first-order chi connectivity index (χ1) is 11.6. The summed E-state index contributed by atoms with van der Waals surface area (Å²) in [4.78, 5) is 0.198. The Hall–Kier alpha value is -1.36. The molecule has 0 fully saturated rings. The van der Waals surface area contributed by atoms with Gasteiger partial charge in [0.2, 0.25) is 0 Å². The van der Waals surface area contributed by atoms with Gasteiger partial charge in [0.25, 0.3) is 0 Å². The highest BCUT2D eigenvalue weighted by Crippen LogP contribution is 2.38. The number of thiocarbonyl (C=S) groups is 1. The number of nitrogens with zero attached hydrogens (tertiary/aromatic N) is 1. The van der Waals surface area contributed by atoms with Gasteiger partial charge in [-0.05, 0) is 12.1 Å². The summed E-state index contributed by atoms with van der Waals surface area (Å²) >= 11 is 17.0. The van der Waals surface area contributed by atoms with Crippen LogP contribution in [0.4, 0.5) is 24.7 Å². The van der Waals surface area contributed by atoms with Crippen LogP contribution in [0.2, 0.25) is 10.0 Å². The Kier molecular flexibility index (Phi) is 5.97. The number of rotatable bonds is 4. The number of nitrogens with one attached hydrogen (secondary N) is 2. The molecule has 0 saturated carbocycles. The Morgan fingerprint density at radius 3 is 2.44 bits per heavy atom. The lowest BCUT2D eigenvalue weighted by atomic mass is 10.2. The van der Waals surface area contributed by atoms with Crippen LogP contribution in [0.5, 0.6) is 0 Å². The van der Waals surface area contributed by atoms with Gasteiger partial charge in [-0.15, -0.1) is 0 Å². The largest absolute Gasteiger partial charge is 0.416 e. The van der Waals surface area contributed by atoms with Crippen LogP contribution in [0.15, 0.2) is 17.0 Å². The molecule has 0 amide bonds. The zero-order valence-electron chi connectivity index (χ0n) is 12.5. The molecular formula is C13H11Cl2F3N4OS2. The highest BCUT2D eigenvalue weighted by molar-refractivity contribution is 7.85. The number of aromatic amines is 1. The van der Waals surface area contributed by atoms with E-state index in [9.17, 15) is 17.4 Å². The average Bonchev–Trinajstić information content (AvgIpc) is 2.90. The Labute approximate surface area is 158 Å². The lowest BCUT2D eigenvalue weighted by molar-refractivity contribution is -0.137. The molecule has 0 radical (unpaired) electrons. The third-order valence-corrected chi connectivity index (χ3v) is 5.37. The van der Waals surface area contributed by atoms with Gasteiger partial charge in [-0.3, -0.25) is 9.31 Å². The van der Waals surface area contributed by atoms with Gasteiger partial charge in [-0.1, -0.05) is 42.3 Å². The van der Waals surface area contributed by atoms with Gasteiger partial charge < -0.3 is 11.1 Å². The van der Waals surface area contributed by atoms with Crippen molar-refractivity contribution in [2.75, 3.05) is 16.8 Å². The number of H-pyrrole nitrogens is 1. The zero-order chi connectivity index (χ0) is 18.9. The molecule has 1 aromatic carbocycles. The highest BCUT2D eigenvalue weighted by Gasteiger charge is 2.32. The van der Waals surface area contributed by atoms with Crippen molar-refractivity contribution in [1.29, 1.82) is 0 Å². The van der Waals surface area contributed by atoms with E-state index in [2.05, 4.69) is 15.5 Å². The lowest BCUT2D eigenvalue weighted by Crippen LogP contribution is -2.15. The van der Waals surface area contributed by atoms with Crippen molar-refractivity contribution < 1.29 is 17.4 Å². The van der Waals surface area contributed by atoms with Crippen molar-refractivity contribution in [3.05, 3.63) is 33.4 Å². The van der Waals surface area contributed by atoms with Crippen LogP contribution < -0.4 is 11.1 Å². The summed E-state index contributed by atoms with van der Waals surface area (Å²) in [6, 6.07) is 1.45. The monoisotopic (exact) mass is 430 g/mol. The first-order valence-corrected chi connectivity index (χ1v) is 9.14. The van der Waals surface area contributed by atoms with Gasteiger partial charge in [0.15, 0.2) is 5.82 Å². The van der Waals surface area contributed by atoms with E-state index in [1.165, 1.54) is 0 Å². The second-order valence-electron chi connectivity index (χ2n) is 4.71. The lowest BCUT2D eigenvalue weighted by Gasteiger charge is -2.14. The van der Waals surface area contributed by atoms with Gasteiger partial charge in [-0.25, -0.2) is 0 Å². The summed E-state index contributed by atoms with van der Waals surface area (Å²) in [7, 11) is -1.45. The van der Waals surface area contributed by atoms with Crippen molar-refractivity contribution in [1.82, 2.24) is 10.2 Å². The number of hydrogen-bond acceptors (Lipinski definition) is 4. The van der Waals surface area contributed by atoms with E-state index in [0.29, 0.717) is 0 Å². The summed E-state index contributed by atoms with van der Waals surface area (Å²) < 4.78 is 50.4. The SMILES string of the molecule is CCS(=O)c1c(N)n[nH]c1C(=S)Nc1c(Cl)cc(C(F)(F)F)cc1Cl. The van der Waals surface area contributed by atoms with Crippen LogP contribution in [0.1, 0.15) is 18.2 Å². The normalized spacial score (nSPS) is 12.9. The average molecular weight is 431 g/mol. The number of nitrogen functional groups attached to an aromatic ring is 1. The van der Waals surface area contributed by atoms with Crippen LogP contribution in [0.3, 0.4) is 0 Å². The minimum absolute atomic E-state index is 0.00967. The fraction of sp³-hybridized carbons (Fsp3) is 0.231.